The van der Waals surface area contributed by atoms with Crippen LogP contribution >= 0.6 is 11.6 Å². The number of benzene rings is 1. The number of halogens is 3. The van der Waals surface area contributed by atoms with Gasteiger partial charge in [0.05, 0.1) is 5.60 Å². The van der Waals surface area contributed by atoms with Crippen LogP contribution in [0.4, 0.5) is 8.78 Å². The molecule has 0 fully saturated rings. The highest BCUT2D eigenvalue weighted by Crippen LogP contribution is 2.31. The predicted molar refractivity (Wildman–Crippen MR) is 51.7 cm³/mol. The van der Waals surface area contributed by atoms with Crippen LogP contribution in [-0.2, 0) is 5.60 Å². The third-order valence-electron chi connectivity index (χ3n) is 1.90. The summed E-state index contributed by atoms with van der Waals surface area (Å²) < 4.78 is 24.7. The summed E-state index contributed by atoms with van der Waals surface area (Å²) in [5, 5.41) is 9.94. The largest absolute Gasteiger partial charge is 0.386 e. The van der Waals surface area contributed by atoms with Crippen LogP contribution in [0.3, 0.4) is 0 Å². The van der Waals surface area contributed by atoms with Crippen molar-refractivity contribution in [3.05, 3.63) is 34.3 Å². The maximum Gasteiger partial charge on any atom is 0.263 e. The van der Waals surface area contributed by atoms with Gasteiger partial charge in [0.15, 0.2) is 0 Å². The van der Waals surface area contributed by atoms with Crippen LogP contribution in [0.1, 0.15) is 31.4 Å². The fourth-order valence-corrected chi connectivity index (χ4v) is 1.50. The lowest BCUT2D eigenvalue weighted by Gasteiger charge is -2.20. The molecule has 4 heteroatoms. The van der Waals surface area contributed by atoms with Gasteiger partial charge in [-0.1, -0.05) is 17.7 Å². The number of rotatable bonds is 2. The van der Waals surface area contributed by atoms with Gasteiger partial charge in [0.1, 0.15) is 0 Å². The first-order valence-corrected chi connectivity index (χ1v) is 4.50. The minimum absolute atomic E-state index is 0.133. The lowest BCUT2D eigenvalue weighted by Crippen LogP contribution is -2.16. The molecule has 1 nitrogen and oxygen atoms in total. The van der Waals surface area contributed by atoms with E-state index in [9.17, 15) is 13.9 Å². The standard InChI is InChI=1S/C10H11ClF2O/c1-10(2,14)7-5-6(9(12)13)3-4-8(7)11/h3-5,9,14H,1-2H3. The van der Waals surface area contributed by atoms with Crippen molar-refractivity contribution in [3.8, 4) is 0 Å². The predicted octanol–water partition coefficient (Wildman–Crippen LogP) is 3.51. The Balaban J connectivity index is 3.22. The van der Waals surface area contributed by atoms with E-state index in [4.69, 9.17) is 11.6 Å². The van der Waals surface area contributed by atoms with Gasteiger partial charge in [0.25, 0.3) is 6.43 Å². The molecule has 0 aliphatic heterocycles. The summed E-state index contributed by atoms with van der Waals surface area (Å²) in [5.41, 5.74) is -1.02. The SMILES string of the molecule is CC(C)(O)c1cc(C(F)F)ccc1Cl. The zero-order valence-corrected chi connectivity index (χ0v) is 8.65. The summed E-state index contributed by atoms with van der Waals surface area (Å²) in [6.07, 6.45) is -2.55. The van der Waals surface area contributed by atoms with Gasteiger partial charge in [-0.05, 0) is 26.0 Å². The van der Waals surface area contributed by atoms with E-state index >= 15 is 0 Å². The Hall–Kier alpha value is -0.670. The quantitative estimate of drug-likeness (QED) is 0.809. The number of hydrogen-bond donors (Lipinski definition) is 1. The summed E-state index contributed by atoms with van der Waals surface area (Å²) >= 11 is 5.78. The summed E-state index contributed by atoms with van der Waals surface area (Å²) in [4.78, 5) is 0. The number of hydrogen-bond acceptors (Lipinski definition) is 1. The molecule has 0 unspecified atom stereocenters. The van der Waals surface area contributed by atoms with E-state index < -0.39 is 12.0 Å². The Bertz CT molecular complexity index is 331. The van der Waals surface area contributed by atoms with Crippen molar-refractivity contribution in [3.63, 3.8) is 0 Å². The van der Waals surface area contributed by atoms with E-state index in [0.29, 0.717) is 10.6 Å². The first kappa shape index (κ1) is 11.4. The fraction of sp³-hybridized carbons (Fsp3) is 0.400. The van der Waals surface area contributed by atoms with E-state index in [0.717, 1.165) is 0 Å². The lowest BCUT2D eigenvalue weighted by molar-refractivity contribution is 0.0781. The van der Waals surface area contributed by atoms with Crippen LogP contribution in [-0.4, -0.2) is 5.11 Å². The molecule has 1 aromatic rings. The molecule has 0 aliphatic rings. The summed E-state index contributed by atoms with van der Waals surface area (Å²) in [6, 6.07) is 3.85. The Morgan fingerprint density at radius 1 is 1.36 bits per heavy atom. The molecule has 1 rings (SSSR count). The second-order valence-electron chi connectivity index (χ2n) is 3.60. The van der Waals surface area contributed by atoms with Crippen LogP contribution in [0.5, 0.6) is 0 Å². The molecule has 0 aromatic heterocycles. The van der Waals surface area contributed by atoms with E-state index in [1.165, 1.54) is 32.0 Å². The average Bonchev–Trinajstić information content (AvgIpc) is 2.02. The molecule has 78 valence electrons. The van der Waals surface area contributed by atoms with E-state index in [2.05, 4.69) is 0 Å². The zero-order chi connectivity index (χ0) is 10.9. The maximum absolute atomic E-state index is 12.3. The van der Waals surface area contributed by atoms with E-state index in [1.54, 1.807) is 0 Å². The summed E-state index contributed by atoms with van der Waals surface area (Å²) in [5.74, 6) is 0. The molecule has 0 heterocycles. The molecule has 0 aliphatic carbocycles. The van der Waals surface area contributed by atoms with Crippen molar-refractivity contribution < 1.29 is 13.9 Å². The smallest absolute Gasteiger partial charge is 0.263 e. The van der Waals surface area contributed by atoms with Crippen LogP contribution < -0.4 is 0 Å². The Labute approximate surface area is 86.3 Å². The highest BCUT2D eigenvalue weighted by atomic mass is 35.5. The van der Waals surface area contributed by atoms with Crippen molar-refractivity contribution in [1.82, 2.24) is 0 Å². The molecular weight excluding hydrogens is 210 g/mol. The van der Waals surface area contributed by atoms with Crippen molar-refractivity contribution in [2.24, 2.45) is 0 Å². The van der Waals surface area contributed by atoms with Gasteiger partial charge in [0.2, 0.25) is 0 Å². The van der Waals surface area contributed by atoms with Crippen LogP contribution in [0, 0.1) is 0 Å². The molecule has 0 saturated heterocycles. The van der Waals surface area contributed by atoms with Gasteiger partial charge in [-0.3, -0.25) is 0 Å². The Morgan fingerprint density at radius 2 is 1.93 bits per heavy atom. The summed E-state index contributed by atoms with van der Waals surface area (Å²) in [7, 11) is 0. The van der Waals surface area contributed by atoms with Gasteiger partial charge in [-0.25, -0.2) is 8.78 Å². The number of aliphatic hydroxyl groups is 1. The molecule has 0 bridgehead atoms. The van der Waals surface area contributed by atoms with E-state index in [1.807, 2.05) is 0 Å². The van der Waals surface area contributed by atoms with Gasteiger partial charge in [-0.15, -0.1) is 0 Å². The first-order chi connectivity index (χ1) is 6.32. The monoisotopic (exact) mass is 220 g/mol. The van der Waals surface area contributed by atoms with Crippen molar-refractivity contribution in [2.45, 2.75) is 25.9 Å². The zero-order valence-electron chi connectivity index (χ0n) is 7.89. The molecule has 14 heavy (non-hydrogen) atoms. The van der Waals surface area contributed by atoms with Crippen LogP contribution in [0.25, 0.3) is 0 Å². The topological polar surface area (TPSA) is 20.2 Å². The minimum atomic E-state index is -2.55. The molecule has 0 radical (unpaired) electrons. The highest BCUT2D eigenvalue weighted by molar-refractivity contribution is 6.31. The van der Waals surface area contributed by atoms with Crippen molar-refractivity contribution in [2.75, 3.05) is 0 Å². The third kappa shape index (κ3) is 2.42. The Morgan fingerprint density at radius 3 is 2.36 bits per heavy atom. The normalized spacial score (nSPS) is 12.2. The maximum atomic E-state index is 12.3. The minimum Gasteiger partial charge on any atom is -0.386 e. The van der Waals surface area contributed by atoms with Gasteiger partial charge >= 0.3 is 0 Å². The number of alkyl halides is 2. The first-order valence-electron chi connectivity index (χ1n) is 4.13. The molecule has 0 saturated carbocycles. The van der Waals surface area contributed by atoms with E-state index in [-0.39, 0.29) is 5.56 Å². The van der Waals surface area contributed by atoms with Crippen LogP contribution in [0.15, 0.2) is 18.2 Å². The molecule has 0 atom stereocenters. The molecule has 0 spiro atoms. The second kappa shape index (κ2) is 3.83. The second-order valence-corrected chi connectivity index (χ2v) is 4.01. The van der Waals surface area contributed by atoms with Crippen LogP contribution in [0.2, 0.25) is 5.02 Å². The van der Waals surface area contributed by atoms with Gasteiger partial charge < -0.3 is 5.11 Å². The van der Waals surface area contributed by atoms with Gasteiger partial charge in [-0.2, -0.15) is 0 Å². The lowest BCUT2D eigenvalue weighted by atomic mass is 9.96. The molecule has 0 amide bonds. The fourth-order valence-electron chi connectivity index (χ4n) is 1.15. The van der Waals surface area contributed by atoms with Crippen molar-refractivity contribution >= 4 is 11.6 Å². The Kier molecular flexibility index (Phi) is 3.12. The molecular formula is C10H11ClF2O. The molecule has 1 N–H and O–H groups in total. The molecule has 1 aromatic carbocycles. The average molecular weight is 221 g/mol. The highest BCUT2D eigenvalue weighted by Gasteiger charge is 2.21. The summed E-state index contributed by atoms with van der Waals surface area (Å²) in [6.45, 7) is 3.01. The van der Waals surface area contributed by atoms with Crippen molar-refractivity contribution in [1.29, 1.82) is 0 Å². The third-order valence-corrected chi connectivity index (χ3v) is 2.23. The van der Waals surface area contributed by atoms with Gasteiger partial charge in [0, 0.05) is 16.1 Å².